The first-order valence-electron chi connectivity index (χ1n) is 4.96. The summed E-state index contributed by atoms with van der Waals surface area (Å²) in [6.45, 7) is 0.236. The topological polar surface area (TPSA) is 125 Å². The van der Waals surface area contributed by atoms with E-state index in [9.17, 15) is 14.5 Å². The molecule has 0 saturated carbocycles. The van der Waals surface area contributed by atoms with Crippen molar-refractivity contribution in [2.75, 3.05) is 19.0 Å². The third-order valence-electron chi connectivity index (χ3n) is 1.91. The number of amides is 2. The van der Waals surface area contributed by atoms with Gasteiger partial charge in [-0.1, -0.05) is 0 Å². The lowest BCUT2D eigenvalue weighted by atomic mass is 10.2. The van der Waals surface area contributed by atoms with Crippen LogP contribution in [-0.2, 0) is 4.79 Å². The van der Waals surface area contributed by atoms with Crippen LogP contribution < -0.4 is 11.1 Å². The van der Waals surface area contributed by atoms with Crippen LogP contribution >= 0.6 is 11.6 Å². The Morgan fingerprint density at radius 2 is 2.18 bits per heavy atom. The van der Waals surface area contributed by atoms with Gasteiger partial charge < -0.3 is 16.2 Å². The van der Waals surface area contributed by atoms with Crippen LogP contribution in [0.4, 0.5) is 4.79 Å². The normalized spacial score (nSPS) is 11.6. The molecule has 0 aromatic carbocycles. The monoisotopic (exact) mass is 266 g/mol. The zero-order chi connectivity index (χ0) is 13.3. The van der Waals surface area contributed by atoms with Gasteiger partial charge in [-0.15, -0.1) is 16.5 Å². The van der Waals surface area contributed by atoms with Gasteiger partial charge in [-0.2, -0.15) is 5.01 Å². The smallest absolute Gasteiger partial charge is 0.340 e. The molecule has 0 aromatic heterocycles. The van der Waals surface area contributed by atoms with E-state index in [2.05, 4.69) is 10.6 Å². The van der Waals surface area contributed by atoms with E-state index >= 15 is 0 Å². The number of alkyl halides is 1. The van der Waals surface area contributed by atoms with Gasteiger partial charge in [0.15, 0.2) is 0 Å². The lowest BCUT2D eigenvalue weighted by Crippen LogP contribution is -2.38. The van der Waals surface area contributed by atoms with Crippen molar-refractivity contribution >= 4 is 23.6 Å². The molecule has 98 valence electrons. The summed E-state index contributed by atoms with van der Waals surface area (Å²) in [6, 6.07) is -1.67. The van der Waals surface area contributed by atoms with Crippen LogP contribution in [0.15, 0.2) is 5.29 Å². The molecule has 0 heterocycles. The number of halogens is 1. The number of nitrogens with one attached hydrogen (secondary N) is 1. The third-order valence-corrected chi connectivity index (χ3v) is 2.09. The molecule has 9 heteroatoms. The molecule has 1 atom stereocenters. The molecule has 0 fully saturated rings. The van der Waals surface area contributed by atoms with Crippen LogP contribution in [0.5, 0.6) is 0 Å². The molecular weight excluding hydrogens is 252 g/mol. The molecule has 17 heavy (non-hydrogen) atoms. The minimum Gasteiger partial charge on any atom is -0.480 e. The predicted molar refractivity (Wildman–Crippen MR) is 61.5 cm³/mol. The Hall–Kier alpha value is -1.41. The summed E-state index contributed by atoms with van der Waals surface area (Å²) in [7, 11) is 0. The fourth-order valence-electron chi connectivity index (χ4n) is 1.01. The zero-order valence-corrected chi connectivity index (χ0v) is 9.89. The van der Waals surface area contributed by atoms with Crippen molar-refractivity contribution in [1.29, 1.82) is 0 Å². The van der Waals surface area contributed by atoms with Gasteiger partial charge in [-0.05, 0) is 12.8 Å². The highest BCUT2D eigenvalue weighted by Gasteiger charge is 2.15. The first kappa shape index (κ1) is 15.6. The van der Waals surface area contributed by atoms with E-state index in [4.69, 9.17) is 22.4 Å². The summed E-state index contributed by atoms with van der Waals surface area (Å²) in [4.78, 5) is 32.0. The number of hydrogen-bond acceptors (Lipinski definition) is 5. The van der Waals surface area contributed by atoms with E-state index in [0.717, 1.165) is 0 Å². The maximum Gasteiger partial charge on any atom is 0.340 e. The van der Waals surface area contributed by atoms with Crippen molar-refractivity contribution in [2.24, 2.45) is 11.0 Å². The number of nitrogens with zero attached hydrogens (tertiary/aromatic N) is 2. The van der Waals surface area contributed by atoms with Gasteiger partial charge in [0.05, 0.1) is 5.29 Å². The van der Waals surface area contributed by atoms with Crippen LogP contribution in [0.3, 0.4) is 0 Å². The van der Waals surface area contributed by atoms with Crippen molar-refractivity contribution in [2.45, 2.75) is 18.9 Å². The van der Waals surface area contributed by atoms with Crippen LogP contribution in [-0.4, -0.2) is 47.1 Å². The zero-order valence-electron chi connectivity index (χ0n) is 9.13. The number of carbonyl (C=O) groups is 2. The Bertz CT molecular complexity index is 276. The van der Waals surface area contributed by atoms with E-state index in [1.807, 2.05) is 0 Å². The molecule has 1 unspecified atom stereocenters. The second kappa shape index (κ2) is 8.71. The average Bonchev–Trinajstić information content (AvgIpc) is 2.31. The Morgan fingerprint density at radius 1 is 1.53 bits per heavy atom. The van der Waals surface area contributed by atoms with Gasteiger partial charge in [0.2, 0.25) is 0 Å². The van der Waals surface area contributed by atoms with E-state index < -0.39 is 18.0 Å². The average molecular weight is 267 g/mol. The lowest BCUT2D eigenvalue weighted by molar-refractivity contribution is -0.138. The van der Waals surface area contributed by atoms with Gasteiger partial charge in [-0.25, -0.2) is 4.79 Å². The van der Waals surface area contributed by atoms with Gasteiger partial charge in [0.25, 0.3) is 0 Å². The summed E-state index contributed by atoms with van der Waals surface area (Å²) in [5.41, 5.74) is 5.26. The molecule has 0 saturated heterocycles. The molecule has 0 aliphatic rings. The Morgan fingerprint density at radius 3 is 2.65 bits per heavy atom. The number of aliphatic carboxylic acids is 1. The van der Waals surface area contributed by atoms with Crippen molar-refractivity contribution in [3.05, 3.63) is 4.91 Å². The number of carboxylic acid groups (broad SMARTS) is 1. The molecule has 0 radical (unpaired) electrons. The highest BCUT2D eigenvalue weighted by atomic mass is 35.5. The van der Waals surface area contributed by atoms with E-state index in [0.29, 0.717) is 5.01 Å². The Balaban J connectivity index is 3.93. The quantitative estimate of drug-likeness (QED) is 0.327. The molecule has 8 nitrogen and oxygen atoms in total. The van der Waals surface area contributed by atoms with Gasteiger partial charge in [0.1, 0.15) is 6.04 Å². The van der Waals surface area contributed by atoms with Crippen molar-refractivity contribution < 1.29 is 14.7 Å². The third kappa shape index (κ3) is 6.69. The summed E-state index contributed by atoms with van der Waals surface area (Å²) < 4.78 is 0. The number of nitrogens with two attached hydrogens (primary N) is 1. The number of urea groups is 1. The van der Waals surface area contributed by atoms with E-state index in [1.165, 1.54) is 0 Å². The van der Waals surface area contributed by atoms with Crippen LogP contribution in [0.25, 0.3) is 0 Å². The number of hydrogen-bond donors (Lipinski definition) is 3. The highest BCUT2D eigenvalue weighted by molar-refractivity contribution is 6.18. The second-order valence-corrected chi connectivity index (χ2v) is 3.59. The maximum atomic E-state index is 11.3. The number of carboxylic acids is 1. The van der Waals surface area contributed by atoms with Crippen LogP contribution in [0, 0.1) is 4.91 Å². The molecule has 0 aliphatic heterocycles. The summed E-state index contributed by atoms with van der Waals surface area (Å²) in [5, 5.41) is 14.1. The van der Waals surface area contributed by atoms with Crippen molar-refractivity contribution in [3.63, 3.8) is 0 Å². The highest BCUT2D eigenvalue weighted by Crippen LogP contribution is 1.99. The molecule has 2 amide bonds. The minimum atomic E-state index is -1.12. The fraction of sp³-hybridized carbons (Fsp3) is 0.750. The summed E-state index contributed by atoms with van der Waals surface area (Å²) >= 11 is 5.35. The molecule has 0 aromatic rings. The largest absolute Gasteiger partial charge is 0.480 e. The second-order valence-electron chi connectivity index (χ2n) is 3.21. The minimum absolute atomic E-state index is 0.0125. The van der Waals surface area contributed by atoms with Gasteiger partial charge in [0, 0.05) is 19.0 Å². The molecule has 0 rings (SSSR count). The Kier molecular flexibility index (Phi) is 7.99. The molecule has 4 N–H and O–H groups in total. The lowest BCUT2D eigenvalue weighted by Gasteiger charge is -2.14. The summed E-state index contributed by atoms with van der Waals surface area (Å²) in [6.07, 6.45) is 0.428. The van der Waals surface area contributed by atoms with Gasteiger partial charge >= 0.3 is 12.0 Å². The number of nitroso groups, excluding NO2 is 1. The fourth-order valence-corrected chi connectivity index (χ4v) is 1.10. The number of rotatable bonds is 8. The van der Waals surface area contributed by atoms with E-state index in [1.54, 1.807) is 0 Å². The van der Waals surface area contributed by atoms with Crippen molar-refractivity contribution in [3.8, 4) is 0 Å². The van der Waals surface area contributed by atoms with Gasteiger partial charge in [-0.3, -0.25) is 4.79 Å². The maximum absolute atomic E-state index is 11.3. The summed E-state index contributed by atoms with van der Waals surface area (Å²) in [5.74, 6) is -0.898. The Labute approximate surface area is 103 Å². The molecular formula is C8H15ClN4O4. The van der Waals surface area contributed by atoms with Crippen molar-refractivity contribution in [1.82, 2.24) is 10.3 Å². The standard InChI is InChI=1S/C8H15ClN4O4/c9-3-4-11-8(16)13(12-17)5-1-2-6(10)7(14)15/h6H,1-5,10H2,(H,11,16)(H,14,15). The number of carbonyl (C=O) groups excluding carboxylic acids is 1. The first-order chi connectivity index (χ1) is 8.02. The van der Waals surface area contributed by atoms with Crippen LogP contribution in [0.1, 0.15) is 12.8 Å². The van der Waals surface area contributed by atoms with E-state index in [-0.39, 0.29) is 31.8 Å². The predicted octanol–water partition coefficient (Wildman–Crippen LogP) is 0.110. The van der Waals surface area contributed by atoms with Crippen LogP contribution in [0.2, 0.25) is 0 Å². The molecule has 0 spiro atoms. The molecule has 0 bridgehead atoms. The first-order valence-corrected chi connectivity index (χ1v) is 5.49. The molecule has 0 aliphatic carbocycles. The SMILES string of the molecule is NC(CCCN(N=O)C(=O)NCCCl)C(=O)O.